The fourth-order valence-corrected chi connectivity index (χ4v) is 3.87. The maximum atomic E-state index is 12.2. The van der Waals surface area contributed by atoms with Gasteiger partial charge in [0.25, 0.3) is 0 Å². The summed E-state index contributed by atoms with van der Waals surface area (Å²) in [7, 11) is 0. The van der Waals surface area contributed by atoms with Crippen molar-refractivity contribution in [3.05, 3.63) is 47.5 Å². The molecule has 0 fully saturated rings. The Morgan fingerprint density at radius 2 is 2.13 bits per heavy atom. The second-order valence-electron chi connectivity index (χ2n) is 4.95. The molecule has 0 radical (unpaired) electrons. The van der Waals surface area contributed by atoms with Crippen LogP contribution in [0.4, 0.5) is 5.88 Å². The molecule has 3 rings (SSSR count). The zero-order chi connectivity index (χ0) is 16.2. The van der Waals surface area contributed by atoms with Gasteiger partial charge in [0.05, 0.1) is 16.6 Å². The average Bonchev–Trinajstić information content (AvgIpc) is 3.17. The van der Waals surface area contributed by atoms with E-state index in [1.165, 1.54) is 23.1 Å². The van der Waals surface area contributed by atoms with Gasteiger partial charge >= 0.3 is 0 Å². The van der Waals surface area contributed by atoms with Crippen LogP contribution in [0.3, 0.4) is 0 Å². The van der Waals surface area contributed by atoms with E-state index in [0.29, 0.717) is 5.88 Å². The van der Waals surface area contributed by atoms with E-state index in [0.717, 1.165) is 21.3 Å². The topological polar surface area (TPSA) is 68.0 Å². The van der Waals surface area contributed by atoms with Crippen LogP contribution in [0, 0.1) is 6.92 Å². The van der Waals surface area contributed by atoms with Crippen LogP contribution in [-0.2, 0) is 4.79 Å². The third kappa shape index (κ3) is 4.00. The normalized spacial score (nSPS) is 12.1. The molecule has 0 saturated carbocycles. The minimum Gasteiger partial charge on any atom is -0.338 e. The van der Waals surface area contributed by atoms with Crippen molar-refractivity contribution in [2.75, 3.05) is 5.32 Å². The standard InChI is InChI=1S/C16H15N3O2S2/c1-10-8-14(21-19-10)18-15(20)11(2)23-16-17-13(9-22-16)12-6-4-3-5-7-12/h3-9,11H,1-2H3,(H,18,20). The van der Waals surface area contributed by atoms with E-state index in [9.17, 15) is 4.79 Å². The number of nitrogens with zero attached hydrogens (tertiary/aromatic N) is 2. The molecule has 1 unspecified atom stereocenters. The highest BCUT2D eigenvalue weighted by molar-refractivity contribution is 8.02. The number of amides is 1. The van der Waals surface area contributed by atoms with Crippen LogP contribution < -0.4 is 5.32 Å². The monoisotopic (exact) mass is 345 g/mol. The van der Waals surface area contributed by atoms with Crippen LogP contribution in [0.1, 0.15) is 12.6 Å². The lowest BCUT2D eigenvalue weighted by Gasteiger charge is -2.07. The Balaban J connectivity index is 1.62. The van der Waals surface area contributed by atoms with E-state index in [2.05, 4.69) is 15.5 Å². The Hall–Kier alpha value is -2.12. The predicted molar refractivity (Wildman–Crippen MR) is 92.7 cm³/mol. The van der Waals surface area contributed by atoms with E-state index < -0.39 is 0 Å². The SMILES string of the molecule is Cc1cc(NC(=O)C(C)Sc2nc(-c3ccccc3)cs2)on1. The van der Waals surface area contributed by atoms with Gasteiger partial charge in [0.1, 0.15) is 0 Å². The highest BCUT2D eigenvalue weighted by atomic mass is 32.2. The Labute approximate surface area is 142 Å². The lowest BCUT2D eigenvalue weighted by atomic mass is 10.2. The first kappa shape index (κ1) is 15.8. The van der Waals surface area contributed by atoms with Gasteiger partial charge in [-0.15, -0.1) is 11.3 Å². The van der Waals surface area contributed by atoms with Crippen LogP contribution in [-0.4, -0.2) is 21.3 Å². The molecule has 7 heteroatoms. The molecule has 0 aliphatic carbocycles. The molecule has 1 atom stereocenters. The van der Waals surface area contributed by atoms with Crippen LogP contribution in [0.15, 0.2) is 50.6 Å². The van der Waals surface area contributed by atoms with Crippen molar-refractivity contribution in [2.45, 2.75) is 23.4 Å². The number of aryl methyl sites for hydroxylation is 1. The van der Waals surface area contributed by atoms with Gasteiger partial charge in [-0.2, -0.15) is 0 Å². The molecule has 1 aromatic carbocycles. The summed E-state index contributed by atoms with van der Waals surface area (Å²) in [5.74, 6) is 0.228. The highest BCUT2D eigenvalue weighted by Crippen LogP contribution is 2.31. The average molecular weight is 345 g/mol. The maximum absolute atomic E-state index is 12.2. The molecule has 3 aromatic rings. The highest BCUT2D eigenvalue weighted by Gasteiger charge is 2.18. The summed E-state index contributed by atoms with van der Waals surface area (Å²) in [5, 5.41) is 8.17. The van der Waals surface area contributed by atoms with Gasteiger partial charge in [0, 0.05) is 17.0 Å². The van der Waals surface area contributed by atoms with Crippen molar-refractivity contribution < 1.29 is 9.32 Å². The van der Waals surface area contributed by atoms with E-state index in [-0.39, 0.29) is 11.2 Å². The zero-order valence-corrected chi connectivity index (χ0v) is 14.3. The molecule has 0 saturated heterocycles. The molecule has 5 nitrogen and oxygen atoms in total. The molecule has 0 aliphatic rings. The minimum atomic E-state index is -0.282. The van der Waals surface area contributed by atoms with Crippen molar-refractivity contribution >= 4 is 34.9 Å². The van der Waals surface area contributed by atoms with Crippen LogP contribution in [0.5, 0.6) is 0 Å². The number of thiazole rings is 1. The van der Waals surface area contributed by atoms with Crippen molar-refractivity contribution in [3.63, 3.8) is 0 Å². The number of anilines is 1. The zero-order valence-electron chi connectivity index (χ0n) is 12.6. The molecular weight excluding hydrogens is 330 g/mol. The third-order valence-corrected chi connectivity index (χ3v) is 5.15. The smallest absolute Gasteiger partial charge is 0.240 e. The second kappa shape index (κ2) is 6.97. The molecule has 0 spiro atoms. The molecule has 1 N–H and O–H groups in total. The fraction of sp³-hybridized carbons (Fsp3) is 0.188. The number of hydrogen-bond donors (Lipinski definition) is 1. The molecule has 0 bridgehead atoms. The predicted octanol–water partition coefficient (Wildman–Crippen LogP) is 4.23. The second-order valence-corrected chi connectivity index (χ2v) is 7.39. The summed E-state index contributed by atoms with van der Waals surface area (Å²) in [6, 6.07) is 11.7. The molecule has 2 heterocycles. The molecule has 118 valence electrons. The first-order valence-corrected chi connectivity index (χ1v) is 8.79. The first-order valence-electron chi connectivity index (χ1n) is 7.03. The maximum Gasteiger partial charge on any atom is 0.240 e. The lowest BCUT2D eigenvalue weighted by Crippen LogP contribution is -2.22. The lowest BCUT2D eigenvalue weighted by molar-refractivity contribution is -0.115. The van der Waals surface area contributed by atoms with Gasteiger partial charge in [-0.05, 0) is 13.8 Å². The Kier molecular flexibility index (Phi) is 4.78. The van der Waals surface area contributed by atoms with Crippen LogP contribution in [0.25, 0.3) is 11.3 Å². The van der Waals surface area contributed by atoms with Gasteiger partial charge in [0.2, 0.25) is 11.8 Å². The van der Waals surface area contributed by atoms with Crippen molar-refractivity contribution in [1.82, 2.24) is 10.1 Å². The summed E-state index contributed by atoms with van der Waals surface area (Å²) in [4.78, 5) is 16.7. The van der Waals surface area contributed by atoms with Gasteiger partial charge in [-0.1, -0.05) is 47.3 Å². The molecule has 1 amide bonds. The third-order valence-electron chi connectivity index (χ3n) is 3.07. The quantitative estimate of drug-likeness (QED) is 0.701. The van der Waals surface area contributed by atoms with Crippen LogP contribution in [0.2, 0.25) is 0 Å². The first-order chi connectivity index (χ1) is 11.1. The van der Waals surface area contributed by atoms with E-state index >= 15 is 0 Å². The summed E-state index contributed by atoms with van der Waals surface area (Å²) in [6.45, 7) is 3.64. The Morgan fingerprint density at radius 1 is 1.35 bits per heavy atom. The molecule has 0 aliphatic heterocycles. The summed E-state index contributed by atoms with van der Waals surface area (Å²) in [6.07, 6.45) is 0. The molecular formula is C16H15N3O2S2. The Morgan fingerprint density at radius 3 is 2.83 bits per heavy atom. The Bertz CT molecular complexity index is 799. The van der Waals surface area contributed by atoms with Gasteiger partial charge in [-0.25, -0.2) is 4.98 Å². The van der Waals surface area contributed by atoms with E-state index in [1.54, 1.807) is 13.0 Å². The minimum absolute atomic E-state index is 0.136. The number of aromatic nitrogens is 2. The summed E-state index contributed by atoms with van der Waals surface area (Å²) >= 11 is 2.96. The largest absolute Gasteiger partial charge is 0.338 e. The van der Waals surface area contributed by atoms with Crippen molar-refractivity contribution in [2.24, 2.45) is 0 Å². The molecule has 23 heavy (non-hydrogen) atoms. The van der Waals surface area contributed by atoms with Gasteiger partial charge in [-0.3, -0.25) is 10.1 Å². The van der Waals surface area contributed by atoms with Gasteiger partial charge in [0.15, 0.2) is 4.34 Å². The molecule has 2 aromatic heterocycles. The number of rotatable bonds is 5. The number of nitrogens with one attached hydrogen (secondary N) is 1. The summed E-state index contributed by atoms with van der Waals surface area (Å²) in [5.41, 5.74) is 2.73. The van der Waals surface area contributed by atoms with Crippen molar-refractivity contribution in [3.8, 4) is 11.3 Å². The number of carbonyl (C=O) groups is 1. The van der Waals surface area contributed by atoms with Crippen molar-refractivity contribution in [1.29, 1.82) is 0 Å². The fourth-order valence-electron chi connectivity index (χ4n) is 1.90. The summed E-state index contributed by atoms with van der Waals surface area (Å²) < 4.78 is 5.85. The van der Waals surface area contributed by atoms with Gasteiger partial charge < -0.3 is 4.52 Å². The van der Waals surface area contributed by atoms with E-state index in [1.807, 2.05) is 42.6 Å². The van der Waals surface area contributed by atoms with E-state index in [4.69, 9.17) is 4.52 Å². The number of hydrogen-bond acceptors (Lipinski definition) is 6. The number of thioether (sulfide) groups is 1. The van der Waals surface area contributed by atoms with Crippen LogP contribution >= 0.6 is 23.1 Å². The number of carbonyl (C=O) groups excluding carboxylic acids is 1. The number of benzene rings is 1.